The van der Waals surface area contributed by atoms with Gasteiger partial charge in [0.1, 0.15) is 16.5 Å². The third-order valence-corrected chi connectivity index (χ3v) is 4.59. The van der Waals surface area contributed by atoms with Crippen molar-refractivity contribution < 1.29 is 4.39 Å². The van der Waals surface area contributed by atoms with Gasteiger partial charge in [-0.2, -0.15) is 4.68 Å². The lowest BCUT2D eigenvalue weighted by molar-refractivity contribution is 0.603. The van der Waals surface area contributed by atoms with Gasteiger partial charge in [0.15, 0.2) is 0 Å². The molecule has 0 aliphatic rings. The highest BCUT2D eigenvalue weighted by Crippen LogP contribution is 2.31. The first kappa shape index (κ1) is 13.9. The van der Waals surface area contributed by atoms with Gasteiger partial charge in [-0.25, -0.2) is 9.37 Å². The fourth-order valence-corrected chi connectivity index (χ4v) is 3.64. The number of hydrogen-bond donors (Lipinski definition) is 0. The summed E-state index contributed by atoms with van der Waals surface area (Å²) >= 11 is 1.42. The van der Waals surface area contributed by atoms with Crippen LogP contribution in [0.4, 0.5) is 4.39 Å². The number of fused-ring (bicyclic) bond motifs is 1. The minimum Gasteiger partial charge on any atom is -0.267 e. The van der Waals surface area contributed by atoms with Crippen LogP contribution in [0.25, 0.3) is 21.3 Å². The molecular weight excluding hydrogens is 313 g/mol. The molecule has 0 amide bonds. The van der Waals surface area contributed by atoms with Crippen molar-refractivity contribution in [2.45, 2.75) is 6.92 Å². The largest absolute Gasteiger partial charge is 0.282 e. The zero-order valence-corrected chi connectivity index (χ0v) is 13.0. The lowest BCUT2D eigenvalue weighted by atomic mass is 10.1. The second kappa shape index (κ2) is 5.17. The molecule has 23 heavy (non-hydrogen) atoms. The van der Waals surface area contributed by atoms with Gasteiger partial charge in [0.05, 0.1) is 5.39 Å². The molecule has 6 heteroatoms. The standard InChI is InChI=1S/C17H12FN3OS/c1-11-19-16-15(17(22)21(11)20-8-2-3-9-20)14(10-23-16)12-4-6-13(18)7-5-12/h2-10H,1H3. The Morgan fingerprint density at radius 2 is 1.83 bits per heavy atom. The molecule has 1 aromatic carbocycles. The highest BCUT2D eigenvalue weighted by molar-refractivity contribution is 7.17. The maximum absolute atomic E-state index is 13.1. The summed E-state index contributed by atoms with van der Waals surface area (Å²) in [6, 6.07) is 9.84. The molecule has 0 bridgehead atoms. The molecule has 0 saturated heterocycles. The maximum Gasteiger partial charge on any atom is 0.282 e. The van der Waals surface area contributed by atoms with Gasteiger partial charge in [0.25, 0.3) is 5.56 Å². The van der Waals surface area contributed by atoms with Crippen LogP contribution in [-0.4, -0.2) is 14.3 Å². The van der Waals surface area contributed by atoms with Crippen molar-refractivity contribution in [1.82, 2.24) is 14.3 Å². The molecule has 4 nitrogen and oxygen atoms in total. The van der Waals surface area contributed by atoms with Crippen LogP contribution in [0.2, 0.25) is 0 Å². The third-order valence-electron chi connectivity index (χ3n) is 3.72. The van der Waals surface area contributed by atoms with Crippen LogP contribution in [0.3, 0.4) is 0 Å². The Morgan fingerprint density at radius 3 is 2.52 bits per heavy atom. The second-order valence-corrected chi connectivity index (χ2v) is 6.03. The molecule has 0 fully saturated rings. The number of aromatic nitrogens is 3. The number of benzene rings is 1. The van der Waals surface area contributed by atoms with E-state index in [0.29, 0.717) is 16.0 Å². The number of hydrogen-bond acceptors (Lipinski definition) is 3. The lowest BCUT2D eigenvalue weighted by Gasteiger charge is -2.10. The molecule has 0 saturated carbocycles. The molecule has 0 N–H and O–H groups in total. The van der Waals surface area contributed by atoms with Gasteiger partial charge in [-0.15, -0.1) is 11.3 Å². The quantitative estimate of drug-likeness (QED) is 0.564. The first-order valence-electron chi connectivity index (χ1n) is 7.05. The predicted octanol–water partition coefficient (Wildman–Crippen LogP) is 3.69. The molecule has 0 unspecified atom stereocenters. The van der Waals surface area contributed by atoms with Crippen LogP contribution in [0, 0.1) is 12.7 Å². The van der Waals surface area contributed by atoms with Crippen molar-refractivity contribution in [3.63, 3.8) is 0 Å². The van der Waals surface area contributed by atoms with Gasteiger partial charge < -0.3 is 0 Å². The van der Waals surface area contributed by atoms with E-state index in [1.54, 1.807) is 36.1 Å². The average Bonchev–Trinajstić information content (AvgIpc) is 3.18. The Bertz CT molecular complexity index is 1050. The minimum absolute atomic E-state index is 0.135. The van der Waals surface area contributed by atoms with Crippen LogP contribution >= 0.6 is 11.3 Å². The first-order chi connectivity index (χ1) is 11.1. The minimum atomic E-state index is -0.299. The number of nitrogens with zero attached hydrogens (tertiary/aromatic N) is 3. The molecule has 3 aromatic heterocycles. The summed E-state index contributed by atoms with van der Waals surface area (Å²) in [6.07, 6.45) is 3.59. The van der Waals surface area contributed by atoms with Crippen molar-refractivity contribution in [2.24, 2.45) is 0 Å². The van der Waals surface area contributed by atoms with Crippen LogP contribution in [-0.2, 0) is 0 Å². The van der Waals surface area contributed by atoms with E-state index in [-0.39, 0.29) is 11.4 Å². The van der Waals surface area contributed by atoms with Crippen molar-refractivity contribution >= 4 is 21.6 Å². The van der Waals surface area contributed by atoms with Gasteiger partial charge in [-0.05, 0) is 36.8 Å². The van der Waals surface area contributed by atoms with Crippen molar-refractivity contribution in [2.75, 3.05) is 0 Å². The number of rotatable bonds is 2. The van der Waals surface area contributed by atoms with E-state index < -0.39 is 0 Å². The highest BCUT2D eigenvalue weighted by atomic mass is 32.1. The molecular formula is C17H12FN3OS. The summed E-state index contributed by atoms with van der Waals surface area (Å²) in [5.74, 6) is 0.318. The molecule has 0 atom stereocenters. The van der Waals surface area contributed by atoms with Gasteiger partial charge in [0.2, 0.25) is 0 Å². The van der Waals surface area contributed by atoms with E-state index in [9.17, 15) is 9.18 Å². The number of thiophene rings is 1. The van der Waals surface area contributed by atoms with E-state index in [0.717, 1.165) is 11.1 Å². The van der Waals surface area contributed by atoms with Gasteiger partial charge in [0, 0.05) is 23.3 Å². The fraction of sp³-hybridized carbons (Fsp3) is 0.0588. The Balaban J connectivity index is 2.04. The summed E-state index contributed by atoms with van der Waals surface area (Å²) in [5.41, 5.74) is 1.45. The monoisotopic (exact) mass is 325 g/mol. The predicted molar refractivity (Wildman–Crippen MR) is 89.2 cm³/mol. The number of halogens is 1. The van der Waals surface area contributed by atoms with E-state index in [4.69, 9.17) is 0 Å². The average molecular weight is 325 g/mol. The second-order valence-electron chi connectivity index (χ2n) is 5.18. The molecule has 0 aliphatic carbocycles. The molecule has 0 radical (unpaired) electrons. The van der Waals surface area contributed by atoms with Crippen molar-refractivity contribution in [3.8, 4) is 11.1 Å². The first-order valence-corrected chi connectivity index (χ1v) is 7.93. The Morgan fingerprint density at radius 1 is 1.13 bits per heavy atom. The smallest absolute Gasteiger partial charge is 0.267 e. The zero-order valence-electron chi connectivity index (χ0n) is 12.2. The lowest BCUT2D eigenvalue weighted by Crippen LogP contribution is -2.28. The molecule has 0 spiro atoms. The van der Waals surface area contributed by atoms with Crippen LogP contribution in [0.15, 0.2) is 59.0 Å². The molecule has 4 rings (SSSR count). The van der Waals surface area contributed by atoms with E-state index in [1.165, 1.54) is 28.1 Å². The summed E-state index contributed by atoms with van der Waals surface area (Å²) in [4.78, 5) is 18.2. The summed E-state index contributed by atoms with van der Waals surface area (Å²) in [5, 5.41) is 2.45. The Labute approximate surface area is 135 Å². The topological polar surface area (TPSA) is 39.8 Å². The molecule has 4 aromatic rings. The maximum atomic E-state index is 13.1. The third kappa shape index (κ3) is 2.19. The summed E-state index contributed by atoms with van der Waals surface area (Å²) in [7, 11) is 0. The van der Waals surface area contributed by atoms with E-state index in [1.807, 2.05) is 17.5 Å². The van der Waals surface area contributed by atoms with Crippen LogP contribution < -0.4 is 5.56 Å². The Hall–Kier alpha value is -2.73. The summed E-state index contributed by atoms with van der Waals surface area (Å²) < 4.78 is 16.4. The SMILES string of the molecule is Cc1nc2scc(-c3ccc(F)cc3)c2c(=O)n1-n1cccc1. The van der Waals surface area contributed by atoms with Gasteiger partial charge in [-0.1, -0.05) is 12.1 Å². The molecule has 114 valence electrons. The zero-order chi connectivity index (χ0) is 16.0. The normalized spacial score (nSPS) is 11.2. The van der Waals surface area contributed by atoms with Crippen LogP contribution in [0.5, 0.6) is 0 Å². The molecule has 0 aliphatic heterocycles. The highest BCUT2D eigenvalue weighted by Gasteiger charge is 2.16. The van der Waals surface area contributed by atoms with E-state index >= 15 is 0 Å². The van der Waals surface area contributed by atoms with Crippen molar-refractivity contribution in [1.29, 1.82) is 0 Å². The van der Waals surface area contributed by atoms with Crippen molar-refractivity contribution in [3.05, 3.63) is 76.2 Å². The van der Waals surface area contributed by atoms with Gasteiger partial charge in [-0.3, -0.25) is 9.47 Å². The number of aryl methyl sites for hydroxylation is 1. The van der Waals surface area contributed by atoms with Gasteiger partial charge >= 0.3 is 0 Å². The van der Waals surface area contributed by atoms with E-state index in [2.05, 4.69) is 4.98 Å². The summed E-state index contributed by atoms with van der Waals surface area (Å²) in [6.45, 7) is 1.80. The fourth-order valence-electron chi connectivity index (χ4n) is 2.66. The Kier molecular flexibility index (Phi) is 3.12. The molecule has 3 heterocycles. The van der Waals surface area contributed by atoms with Crippen LogP contribution in [0.1, 0.15) is 5.82 Å².